The maximum Gasteiger partial charge on any atom is 0.387 e. The largest absolute Gasteiger partial charge is 0.434 e. The van der Waals surface area contributed by atoms with Crippen molar-refractivity contribution in [1.29, 1.82) is 0 Å². The standard InChI is InChI=1S/C16H25ClF2N4O.HI/c1-4-23(5-2)9-8-21-16(20-3)22-11-12-10-13(17)6-7-14(12)24-15(18)19;/h6-7,10,15H,4-5,8-9,11H2,1-3H3,(H2,20,21,22);1H. The first-order valence-corrected chi connectivity index (χ1v) is 8.28. The summed E-state index contributed by atoms with van der Waals surface area (Å²) in [6, 6.07) is 4.54. The van der Waals surface area contributed by atoms with Gasteiger partial charge in [-0.3, -0.25) is 4.99 Å². The number of nitrogens with zero attached hydrogens (tertiary/aromatic N) is 2. The molecule has 144 valence electrons. The van der Waals surface area contributed by atoms with Gasteiger partial charge in [-0.05, 0) is 31.3 Å². The minimum absolute atomic E-state index is 0. The molecule has 0 saturated heterocycles. The number of hydrogen-bond acceptors (Lipinski definition) is 3. The van der Waals surface area contributed by atoms with Gasteiger partial charge in [0.05, 0.1) is 0 Å². The van der Waals surface area contributed by atoms with Gasteiger partial charge in [-0.1, -0.05) is 25.4 Å². The molecular weight excluding hydrogens is 465 g/mol. The van der Waals surface area contributed by atoms with Crippen LogP contribution in [0.1, 0.15) is 19.4 Å². The Morgan fingerprint density at radius 3 is 2.52 bits per heavy atom. The smallest absolute Gasteiger partial charge is 0.387 e. The minimum Gasteiger partial charge on any atom is -0.434 e. The molecule has 0 aromatic heterocycles. The number of guanidine groups is 1. The SMILES string of the molecule is CCN(CC)CCNC(=NC)NCc1cc(Cl)ccc1OC(F)F.I. The molecule has 25 heavy (non-hydrogen) atoms. The average molecular weight is 491 g/mol. The van der Waals surface area contributed by atoms with Crippen molar-refractivity contribution >= 4 is 41.5 Å². The molecule has 5 nitrogen and oxygen atoms in total. The second kappa shape index (κ2) is 13.3. The van der Waals surface area contributed by atoms with Crippen LogP contribution in [0.15, 0.2) is 23.2 Å². The summed E-state index contributed by atoms with van der Waals surface area (Å²) >= 11 is 5.93. The van der Waals surface area contributed by atoms with Gasteiger partial charge < -0.3 is 20.3 Å². The molecule has 0 bridgehead atoms. The van der Waals surface area contributed by atoms with Crippen LogP contribution >= 0.6 is 35.6 Å². The van der Waals surface area contributed by atoms with Crippen LogP contribution in [0.2, 0.25) is 5.02 Å². The fraction of sp³-hybridized carbons (Fsp3) is 0.562. The predicted molar refractivity (Wildman–Crippen MR) is 109 cm³/mol. The highest BCUT2D eigenvalue weighted by molar-refractivity contribution is 14.0. The summed E-state index contributed by atoms with van der Waals surface area (Å²) in [6.45, 7) is 5.22. The Labute approximate surface area is 170 Å². The Hall–Kier alpha value is -0.870. The summed E-state index contributed by atoms with van der Waals surface area (Å²) in [7, 11) is 1.65. The van der Waals surface area contributed by atoms with E-state index in [4.69, 9.17) is 11.6 Å². The zero-order chi connectivity index (χ0) is 17.9. The van der Waals surface area contributed by atoms with Gasteiger partial charge in [0.2, 0.25) is 0 Å². The van der Waals surface area contributed by atoms with Crippen LogP contribution in [0.5, 0.6) is 5.75 Å². The monoisotopic (exact) mass is 490 g/mol. The van der Waals surface area contributed by atoms with E-state index in [9.17, 15) is 8.78 Å². The van der Waals surface area contributed by atoms with Crippen molar-refractivity contribution < 1.29 is 13.5 Å². The first kappa shape index (κ1) is 24.1. The molecule has 0 atom stereocenters. The number of rotatable bonds is 9. The van der Waals surface area contributed by atoms with E-state index in [-0.39, 0.29) is 36.3 Å². The third kappa shape index (κ3) is 9.41. The molecule has 0 unspecified atom stereocenters. The highest BCUT2D eigenvalue weighted by atomic mass is 127. The summed E-state index contributed by atoms with van der Waals surface area (Å²) in [6.07, 6.45) is 0. The van der Waals surface area contributed by atoms with Gasteiger partial charge in [0.25, 0.3) is 0 Å². The topological polar surface area (TPSA) is 48.9 Å². The molecular formula is C16H26ClF2IN4O. The fourth-order valence-electron chi connectivity index (χ4n) is 2.17. The van der Waals surface area contributed by atoms with Crippen LogP contribution in [-0.4, -0.2) is 50.7 Å². The first-order chi connectivity index (χ1) is 11.5. The fourth-order valence-corrected chi connectivity index (χ4v) is 2.36. The zero-order valence-electron chi connectivity index (χ0n) is 14.7. The van der Waals surface area contributed by atoms with Crippen molar-refractivity contribution in [3.63, 3.8) is 0 Å². The molecule has 0 heterocycles. The normalized spacial score (nSPS) is 11.4. The van der Waals surface area contributed by atoms with Crippen molar-refractivity contribution in [3.05, 3.63) is 28.8 Å². The summed E-state index contributed by atoms with van der Waals surface area (Å²) in [4.78, 5) is 6.40. The number of ether oxygens (including phenoxy) is 1. The van der Waals surface area contributed by atoms with Crippen molar-refractivity contribution in [3.8, 4) is 5.75 Å². The van der Waals surface area contributed by atoms with Crippen molar-refractivity contribution in [1.82, 2.24) is 15.5 Å². The summed E-state index contributed by atoms with van der Waals surface area (Å²) in [5.74, 6) is 0.686. The molecule has 1 aromatic rings. The lowest BCUT2D eigenvalue weighted by molar-refractivity contribution is -0.0504. The molecule has 1 aromatic carbocycles. The van der Waals surface area contributed by atoms with E-state index in [1.165, 1.54) is 12.1 Å². The van der Waals surface area contributed by atoms with Crippen LogP contribution in [0.3, 0.4) is 0 Å². The maximum absolute atomic E-state index is 12.5. The molecule has 0 aliphatic heterocycles. The lowest BCUT2D eigenvalue weighted by Gasteiger charge is -2.19. The number of likely N-dealkylation sites (N-methyl/N-ethyl adjacent to an activating group) is 1. The molecule has 9 heteroatoms. The number of halogens is 4. The van der Waals surface area contributed by atoms with Gasteiger partial charge in [0.15, 0.2) is 5.96 Å². The molecule has 0 saturated carbocycles. The second-order valence-electron chi connectivity index (χ2n) is 5.01. The van der Waals surface area contributed by atoms with Crippen LogP contribution in [-0.2, 0) is 6.54 Å². The Kier molecular flexibility index (Phi) is 12.9. The van der Waals surface area contributed by atoms with Crippen LogP contribution in [0.25, 0.3) is 0 Å². The molecule has 2 N–H and O–H groups in total. The predicted octanol–water partition coefficient (Wildman–Crippen LogP) is 3.57. The summed E-state index contributed by atoms with van der Waals surface area (Å²) in [5, 5.41) is 6.72. The van der Waals surface area contributed by atoms with Crippen molar-refractivity contribution in [2.45, 2.75) is 27.0 Å². The van der Waals surface area contributed by atoms with Gasteiger partial charge in [-0.2, -0.15) is 8.78 Å². The van der Waals surface area contributed by atoms with E-state index < -0.39 is 6.61 Å². The van der Waals surface area contributed by atoms with Crippen LogP contribution < -0.4 is 15.4 Å². The lowest BCUT2D eigenvalue weighted by Crippen LogP contribution is -2.41. The quantitative estimate of drug-likeness (QED) is 0.316. The average Bonchev–Trinajstić information content (AvgIpc) is 2.56. The van der Waals surface area contributed by atoms with E-state index >= 15 is 0 Å². The van der Waals surface area contributed by atoms with E-state index in [0.29, 0.717) is 16.5 Å². The molecule has 0 fully saturated rings. The highest BCUT2D eigenvalue weighted by Crippen LogP contribution is 2.24. The first-order valence-electron chi connectivity index (χ1n) is 7.90. The Morgan fingerprint density at radius 1 is 1.28 bits per heavy atom. The molecule has 0 aliphatic carbocycles. The van der Waals surface area contributed by atoms with E-state index in [2.05, 4.69) is 39.1 Å². The number of hydrogen-bond donors (Lipinski definition) is 2. The second-order valence-corrected chi connectivity index (χ2v) is 5.45. The summed E-state index contributed by atoms with van der Waals surface area (Å²) < 4.78 is 29.4. The van der Waals surface area contributed by atoms with Gasteiger partial charge in [-0.15, -0.1) is 24.0 Å². The van der Waals surface area contributed by atoms with Crippen molar-refractivity contribution in [2.24, 2.45) is 4.99 Å². The summed E-state index contributed by atoms with van der Waals surface area (Å²) in [5.41, 5.74) is 0.537. The minimum atomic E-state index is -2.88. The van der Waals surface area contributed by atoms with Crippen LogP contribution in [0.4, 0.5) is 8.78 Å². The third-order valence-corrected chi connectivity index (χ3v) is 3.76. The van der Waals surface area contributed by atoms with Gasteiger partial charge >= 0.3 is 6.61 Å². The highest BCUT2D eigenvalue weighted by Gasteiger charge is 2.11. The number of benzene rings is 1. The van der Waals surface area contributed by atoms with E-state index in [0.717, 1.165) is 26.2 Å². The number of nitrogens with one attached hydrogen (secondary N) is 2. The molecule has 1 rings (SSSR count). The Balaban J connectivity index is 0.00000576. The van der Waals surface area contributed by atoms with Gasteiger partial charge in [0.1, 0.15) is 5.75 Å². The number of aliphatic imine (C=N–C) groups is 1. The molecule has 0 radical (unpaired) electrons. The zero-order valence-corrected chi connectivity index (χ0v) is 17.8. The third-order valence-electron chi connectivity index (χ3n) is 3.52. The maximum atomic E-state index is 12.5. The Bertz CT molecular complexity index is 531. The van der Waals surface area contributed by atoms with E-state index in [1.54, 1.807) is 13.1 Å². The van der Waals surface area contributed by atoms with E-state index in [1.807, 2.05) is 0 Å². The molecule has 0 amide bonds. The Morgan fingerprint density at radius 2 is 1.96 bits per heavy atom. The number of alkyl halides is 2. The van der Waals surface area contributed by atoms with Crippen molar-refractivity contribution in [2.75, 3.05) is 33.2 Å². The molecule has 0 spiro atoms. The molecule has 0 aliphatic rings. The van der Waals surface area contributed by atoms with Gasteiger partial charge in [-0.25, -0.2) is 0 Å². The van der Waals surface area contributed by atoms with Crippen LogP contribution in [0, 0.1) is 0 Å². The van der Waals surface area contributed by atoms with Gasteiger partial charge in [0, 0.05) is 37.3 Å². The lowest BCUT2D eigenvalue weighted by atomic mass is 10.2.